The SMILES string of the molecule is CON=C(C(=O)NC1C(=O)N2C(C(=O)O)=C(C(C)Sc3nnc[nH]3)CS[C@@H]12)c1csc(N)n1. The first-order chi connectivity index (χ1) is 15.8. The molecule has 174 valence electrons. The molecule has 4 rings (SSSR count). The van der Waals surface area contributed by atoms with Gasteiger partial charge in [-0.2, -0.15) is 0 Å². The number of fused-ring (bicyclic) bond motifs is 1. The van der Waals surface area contributed by atoms with Gasteiger partial charge in [-0.05, 0) is 12.5 Å². The van der Waals surface area contributed by atoms with Gasteiger partial charge in [-0.3, -0.25) is 14.5 Å². The molecule has 2 amide bonds. The van der Waals surface area contributed by atoms with Gasteiger partial charge in [0, 0.05) is 16.4 Å². The molecule has 4 heterocycles. The lowest BCUT2D eigenvalue weighted by atomic mass is 10.0. The van der Waals surface area contributed by atoms with Crippen molar-refractivity contribution in [2.75, 3.05) is 18.6 Å². The van der Waals surface area contributed by atoms with Crippen LogP contribution in [0.3, 0.4) is 0 Å². The molecule has 33 heavy (non-hydrogen) atoms. The summed E-state index contributed by atoms with van der Waals surface area (Å²) < 4.78 is 0. The summed E-state index contributed by atoms with van der Waals surface area (Å²) in [6.45, 7) is 1.84. The first-order valence-corrected chi connectivity index (χ1v) is 12.2. The van der Waals surface area contributed by atoms with E-state index in [2.05, 4.69) is 30.6 Å². The number of amides is 2. The third kappa shape index (κ3) is 4.40. The fraction of sp³-hybridized carbons (Fsp3) is 0.353. The number of thioether (sulfide) groups is 2. The number of thiazole rings is 1. The van der Waals surface area contributed by atoms with Gasteiger partial charge < -0.3 is 26.0 Å². The third-order valence-corrected chi connectivity index (χ3v) is 7.86. The van der Waals surface area contributed by atoms with Crippen LogP contribution in [0, 0.1) is 0 Å². The summed E-state index contributed by atoms with van der Waals surface area (Å²) >= 11 is 3.80. The van der Waals surface area contributed by atoms with Gasteiger partial charge in [0.15, 0.2) is 16.0 Å². The van der Waals surface area contributed by atoms with Gasteiger partial charge in [-0.25, -0.2) is 9.78 Å². The first kappa shape index (κ1) is 23.1. The van der Waals surface area contributed by atoms with E-state index in [1.165, 1.54) is 41.9 Å². The van der Waals surface area contributed by atoms with Crippen LogP contribution in [0.15, 0.2) is 33.3 Å². The summed E-state index contributed by atoms with van der Waals surface area (Å²) in [7, 11) is 1.28. The predicted octanol–water partition coefficient (Wildman–Crippen LogP) is 0.113. The monoisotopic (exact) mass is 510 g/mol. The van der Waals surface area contributed by atoms with Crippen molar-refractivity contribution in [3.05, 3.63) is 28.7 Å². The number of carbonyl (C=O) groups excluding carboxylic acids is 2. The molecule has 13 nitrogen and oxygen atoms in total. The van der Waals surface area contributed by atoms with E-state index in [0.29, 0.717) is 16.5 Å². The number of nitrogens with two attached hydrogens (primary N) is 1. The Balaban J connectivity index is 1.52. The minimum atomic E-state index is -1.21. The number of H-pyrrole nitrogens is 1. The van der Waals surface area contributed by atoms with E-state index in [1.54, 1.807) is 5.38 Å². The summed E-state index contributed by atoms with van der Waals surface area (Å²) in [5, 5.41) is 25.3. The zero-order chi connectivity index (χ0) is 23.7. The molecule has 5 N–H and O–H groups in total. The Bertz CT molecular complexity index is 1150. The van der Waals surface area contributed by atoms with Crippen molar-refractivity contribution >= 4 is 63.5 Å². The molecular formula is C17H18N8O5S3. The lowest BCUT2D eigenvalue weighted by Crippen LogP contribution is -2.71. The van der Waals surface area contributed by atoms with Crippen LogP contribution >= 0.6 is 34.9 Å². The molecule has 0 radical (unpaired) electrons. The van der Waals surface area contributed by atoms with E-state index < -0.39 is 29.2 Å². The fourth-order valence-electron chi connectivity index (χ4n) is 3.35. The summed E-state index contributed by atoms with van der Waals surface area (Å²) in [5.74, 6) is -2.05. The van der Waals surface area contributed by atoms with E-state index in [0.717, 1.165) is 11.3 Å². The lowest BCUT2D eigenvalue weighted by molar-refractivity contribution is -0.150. The Labute approximate surface area is 199 Å². The third-order valence-electron chi connectivity index (χ3n) is 4.82. The average Bonchev–Trinajstić information content (AvgIpc) is 3.45. The Hall–Kier alpha value is -3.11. The molecule has 2 aliphatic rings. The molecular weight excluding hydrogens is 492 g/mol. The molecule has 2 aromatic rings. The van der Waals surface area contributed by atoms with Crippen molar-refractivity contribution in [2.24, 2.45) is 5.16 Å². The van der Waals surface area contributed by atoms with Crippen LogP contribution in [0.25, 0.3) is 0 Å². The maximum Gasteiger partial charge on any atom is 0.352 e. The second-order valence-electron chi connectivity index (χ2n) is 6.79. The van der Waals surface area contributed by atoms with Crippen LogP contribution in [0.5, 0.6) is 0 Å². The van der Waals surface area contributed by atoms with Gasteiger partial charge in [-0.1, -0.05) is 16.9 Å². The maximum absolute atomic E-state index is 12.9. The Morgan fingerprint density at radius 1 is 1.52 bits per heavy atom. The molecule has 0 saturated carbocycles. The van der Waals surface area contributed by atoms with Gasteiger partial charge in [0.25, 0.3) is 11.8 Å². The van der Waals surface area contributed by atoms with Gasteiger partial charge >= 0.3 is 5.97 Å². The van der Waals surface area contributed by atoms with Crippen molar-refractivity contribution in [2.45, 2.75) is 28.7 Å². The van der Waals surface area contributed by atoms with Crippen molar-refractivity contribution in [3.8, 4) is 0 Å². The summed E-state index contributed by atoms with van der Waals surface area (Å²) in [4.78, 5) is 50.6. The van der Waals surface area contributed by atoms with Crippen LogP contribution < -0.4 is 11.1 Å². The fourth-order valence-corrected chi connectivity index (χ4v) is 6.36. The van der Waals surface area contributed by atoms with Crippen LogP contribution in [0.1, 0.15) is 12.6 Å². The molecule has 0 aliphatic carbocycles. The highest BCUT2D eigenvalue weighted by molar-refractivity contribution is 8.01. The molecule has 0 bridgehead atoms. The number of nitrogen functional groups attached to an aromatic ring is 1. The minimum absolute atomic E-state index is 0.0770. The van der Waals surface area contributed by atoms with Gasteiger partial charge in [0.05, 0.1) is 0 Å². The van der Waals surface area contributed by atoms with Crippen molar-refractivity contribution in [1.29, 1.82) is 0 Å². The Morgan fingerprint density at radius 2 is 2.30 bits per heavy atom. The second kappa shape index (κ2) is 9.40. The standard InChI is InChI=1S/C17H18N8O5S3/c1-6(33-17-19-5-20-23-17)7-3-31-14-10(13(27)25(14)11(7)15(28)29)22-12(26)9(24-30-2)8-4-32-16(18)21-8/h4-6,10,14H,3H2,1-2H3,(H2,18,21)(H,22,26)(H,28,29)(H,19,20,23)/t6?,10?,14-/m0/s1. The Kier molecular flexibility index (Phi) is 6.57. The number of nitrogens with zero attached hydrogens (tertiary/aromatic N) is 5. The molecule has 3 atom stereocenters. The smallest absolute Gasteiger partial charge is 0.352 e. The molecule has 1 fully saturated rings. The summed E-state index contributed by atoms with van der Waals surface area (Å²) in [6.07, 6.45) is 1.43. The summed E-state index contributed by atoms with van der Waals surface area (Å²) in [5.41, 5.74) is 6.21. The number of aromatic nitrogens is 4. The number of oxime groups is 1. The molecule has 1 saturated heterocycles. The predicted molar refractivity (Wildman–Crippen MR) is 121 cm³/mol. The number of hydrogen-bond donors (Lipinski definition) is 4. The van der Waals surface area contributed by atoms with Crippen molar-refractivity contribution in [1.82, 2.24) is 30.4 Å². The largest absolute Gasteiger partial charge is 0.477 e. The van der Waals surface area contributed by atoms with Gasteiger partial charge in [0.1, 0.15) is 36.2 Å². The average molecular weight is 511 g/mol. The zero-order valence-corrected chi connectivity index (χ0v) is 19.7. The molecule has 0 spiro atoms. The van der Waals surface area contributed by atoms with Crippen molar-refractivity contribution < 1.29 is 24.3 Å². The lowest BCUT2D eigenvalue weighted by Gasteiger charge is -2.49. The summed E-state index contributed by atoms with van der Waals surface area (Å²) in [6, 6.07) is -0.923. The number of rotatable bonds is 8. The number of carboxylic acids is 1. The normalized spacial score (nSPS) is 21.3. The van der Waals surface area contributed by atoms with E-state index in [4.69, 9.17) is 10.6 Å². The Morgan fingerprint density at radius 3 is 2.91 bits per heavy atom. The number of β-lactam (4-membered cyclic amide) rings is 1. The highest BCUT2D eigenvalue weighted by Crippen LogP contribution is 2.43. The minimum Gasteiger partial charge on any atom is -0.477 e. The highest BCUT2D eigenvalue weighted by atomic mass is 32.2. The first-order valence-electron chi connectivity index (χ1n) is 9.39. The topological polar surface area (TPSA) is 189 Å². The number of carboxylic acid groups (broad SMARTS) is 1. The van der Waals surface area contributed by atoms with E-state index in [9.17, 15) is 19.5 Å². The molecule has 2 aromatic heterocycles. The molecule has 16 heteroatoms. The molecule has 0 aromatic carbocycles. The van der Waals surface area contributed by atoms with Crippen molar-refractivity contribution in [3.63, 3.8) is 0 Å². The van der Waals surface area contributed by atoms with Crippen LogP contribution in [-0.4, -0.2) is 83.2 Å². The number of aromatic amines is 1. The maximum atomic E-state index is 12.9. The number of hydrogen-bond acceptors (Lipinski definition) is 12. The molecule has 2 aliphatic heterocycles. The van der Waals surface area contributed by atoms with E-state index in [-0.39, 0.29) is 27.5 Å². The number of anilines is 1. The number of nitrogens with one attached hydrogen (secondary N) is 2. The van der Waals surface area contributed by atoms with Gasteiger partial charge in [0.2, 0.25) is 0 Å². The van der Waals surface area contributed by atoms with E-state index in [1.807, 2.05) is 6.92 Å². The van der Waals surface area contributed by atoms with Crippen LogP contribution in [-0.2, 0) is 19.2 Å². The number of aliphatic carboxylic acids is 1. The quantitative estimate of drug-likeness (QED) is 0.163. The van der Waals surface area contributed by atoms with Crippen LogP contribution in [0.2, 0.25) is 0 Å². The zero-order valence-electron chi connectivity index (χ0n) is 17.2. The molecule has 2 unspecified atom stereocenters. The van der Waals surface area contributed by atoms with E-state index >= 15 is 0 Å². The highest BCUT2D eigenvalue weighted by Gasteiger charge is 2.55. The second-order valence-corrected chi connectivity index (χ2v) is 10.1. The van der Waals surface area contributed by atoms with Crippen LogP contribution in [0.4, 0.5) is 5.13 Å². The number of carbonyl (C=O) groups is 3. The van der Waals surface area contributed by atoms with Gasteiger partial charge in [-0.15, -0.1) is 33.3 Å².